The smallest absolute Gasteiger partial charge is 0.0976 e. The Hall–Kier alpha value is -0.900. The molecule has 0 aromatic heterocycles. The van der Waals surface area contributed by atoms with Crippen molar-refractivity contribution >= 4 is 0 Å². The maximum Gasteiger partial charge on any atom is 0.0976 e. The van der Waals surface area contributed by atoms with Gasteiger partial charge in [-0.2, -0.15) is 0 Å². The largest absolute Gasteiger partial charge is 0.375 e. The highest BCUT2D eigenvalue weighted by atomic mass is 16.5. The highest BCUT2D eigenvalue weighted by Gasteiger charge is 2.29. The first-order chi connectivity index (χ1) is 9.45. The van der Waals surface area contributed by atoms with Crippen molar-refractivity contribution in [3.05, 3.63) is 35.4 Å². The molecule has 20 heavy (non-hydrogen) atoms. The lowest BCUT2D eigenvalue weighted by atomic mass is 9.99. The summed E-state index contributed by atoms with van der Waals surface area (Å²) < 4.78 is 12.1. The predicted octanol–water partition coefficient (Wildman–Crippen LogP) is 3.36. The van der Waals surface area contributed by atoms with E-state index in [4.69, 9.17) is 15.2 Å². The zero-order valence-corrected chi connectivity index (χ0v) is 13.0. The Morgan fingerprint density at radius 2 is 1.90 bits per heavy atom. The van der Waals surface area contributed by atoms with E-state index in [-0.39, 0.29) is 30.5 Å². The number of benzene rings is 1. The van der Waals surface area contributed by atoms with Crippen molar-refractivity contribution in [3.8, 4) is 0 Å². The number of hydrogen-bond donors (Lipinski definition) is 1. The van der Waals surface area contributed by atoms with E-state index in [0.29, 0.717) is 0 Å². The standard InChI is InChI=1S/C17H27NO2/c1-11-6-5-7-15(8-11)17(14(4)18)20-16-9-12(2)19-13(3)10-16/h5-8,12-14,16-17H,9-10,18H2,1-4H3. The van der Waals surface area contributed by atoms with Crippen LogP contribution in [-0.2, 0) is 9.47 Å². The Bertz CT molecular complexity index is 423. The van der Waals surface area contributed by atoms with Crippen LogP contribution in [0, 0.1) is 6.92 Å². The molecule has 1 aromatic rings. The van der Waals surface area contributed by atoms with Crippen LogP contribution in [0.15, 0.2) is 24.3 Å². The molecule has 2 N–H and O–H groups in total. The summed E-state index contributed by atoms with van der Waals surface area (Å²) >= 11 is 0. The molecular weight excluding hydrogens is 250 g/mol. The van der Waals surface area contributed by atoms with Gasteiger partial charge in [0.05, 0.1) is 24.4 Å². The van der Waals surface area contributed by atoms with Crippen molar-refractivity contribution in [2.45, 2.75) is 71.0 Å². The van der Waals surface area contributed by atoms with Crippen LogP contribution in [-0.4, -0.2) is 24.4 Å². The first-order valence-electron chi connectivity index (χ1n) is 7.58. The van der Waals surface area contributed by atoms with Gasteiger partial charge in [0.25, 0.3) is 0 Å². The van der Waals surface area contributed by atoms with E-state index < -0.39 is 0 Å². The van der Waals surface area contributed by atoms with Crippen molar-refractivity contribution < 1.29 is 9.47 Å². The molecule has 0 aliphatic carbocycles. The van der Waals surface area contributed by atoms with Gasteiger partial charge in [-0.25, -0.2) is 0 Å². The van der Waals surface area contributed by atoms with Crippen LogP contribution in [0.5, 0.6) is 0 Å². The quantitative estimate of drug-likeness (QED) is 0.918. The fourth-order valence-electron chi connectivity index (χ4n) is 3.02. The Morgan fingerprint density at radius 1 is 1.25 bits per heavy atom. The van der Waals surface area contributed by atoms with Gasteiger partial charge in [0.2, 0.25) is 0 Å². The molecule has 1 fully saturated rings. The van der Waals surface area contributed by atoms with E-state index in [1.54, 1.807) is 0 Å². The molecule has 3 heteroatoms. The second kappa shape index (κ2) is 6.70. The van der Waals surface area contributed by atoms with Gasteiger partial charge in [-0.1, -0.05) is 29.8 Å². The third-order valence-corrected chi connectivity index (χ3v) is 3.84. The highest BCUT2D eigenvalue weighted by Crippen LogP contribution is 2.29. The van der Waals surface area contributed by atoms with Crippen LogP contribution < -0.4 is 5.73 Å². The molecule has 0 saturated carbocycles. The monoisotopic (exact) mass is 277 g/mol. The normalized spacial score (nSPS) is 29.9. The van der Waals surface area contributed by atoms with Gasteiger partial charge in [0, 0.05) is 6.04 Å². The molecule has 112 valence electrons. The maximum atomic E-state index is 6.33. The number of rotatable bonds is 4. The van der Waals surface area contributed by atoms with Crippen molar-refractivity contribution in [2.75, 3.05) is 0 Å². The molecule has 0 bridgehead atoms. The molecule has 3 nitrogen and oxygen atoms in total. The number of hydrogen-bond acceptors (Lipinski definition) is 3. The summed E-state index contributed by atoms with van der Waals surface area (Å²) in [6.07, 6.45) is 2.59. The van der Waals surface area contributed by atoms with Gasteiger partial charge in [-0.15, -0.1) is 0 Å². The van der Waals surface area contributed by atoms with Crippen LogP contribution >= 0.6 is 0 Å². The SMILES string of the molecule is Cc1cccc(C(OC2CC(C)OC(C)C2)C(C)N)c1. The van der Waals surface area contributed by atoms with Crippen LogP contribution in [0.4, 0.5) is 0 Å². The molecule has 0 amide bonds. The van der Waals surface area contributed by atoms with Crippen LogP contribution in [0.2, 0.25) is 0 Å². The summed E-state index contributed by atoms with van der Waals surface area (Å²) in [6, 6.07) is 8.41. The van der Waals surface area contributed by atoms with E-state index in [1.165, 1.54) is 11.1 Å². The van der Waals surface area contributed by atoms with Gasteiger partial charge in [-0.05, 0) is 46.1 Å². The lowest BCUT2D eigenvalue weighted by Gasteiger charge is -2.35. The Kier molecular flexibility index (Phi) is 5.19. The minimum absolute atomic E-state index is 0.0229. The molecule has 1 saturated heterocycles. The first-order valence-corrected chi connectivity index (χ1v) is 7.58. The fourth-order valence-corrected chi connectivity index (χ4v) is 3.02. The Balaban J connectivity index is 2.10. The van der Waals surface area contributed by atoms with E-state index in [9.17, 15) is 0 Å². The van der Waals surface area contributed by atoms with Crippen molar-refractivity contribution in [1.82, 2.24) is 0 Å². The van der Waals surface area contributed by atoms with E-state index in [0.717, 1.165) is 12.8 Å². The van der Waals surface area contributed by atoms with Crippen LogP contribution in [0.1, 0.15) is 50.8 Å². The Labute approximate surface area is 122 Å². The van der Waals surface area contributed by atoms with Crippen molar-refractivity contribution in [1.29, 1.82) is 0 Å². The molecule has 1 heterocycles. The summed E-state index contributed by atoms with van der Waals surface area (Å²) in [5, 5.41) is 0. The lowest BCUT2D eigenvalue weighted by Crippen LogP contribution is -2.38. The zero-order chi connectivity index (χ0) is 14.7. The molecule has 0 radical (unpaired) electrons. The minimum Gasteiger partial charge on any atom is -0.375 e. The molecule has 0 spiro atoms. The molecular formula is C17H27NO2. The van der Waals surface area contributed by atoms with Gasteiger partial charge in [-0.3, -0.25) is 0 Å². The summed E-state index contributed by atoms with van der Waals surface area (Å²) in [5.41, 5.74) is 8.56. The maximum absolute atomic E-state index is 6.33. The van der Waals surface area contributed by atoms with Gasteiger partial charge in [0.15, 0.2) is 0 Å². The second-order valence-corrected chi connectivity index (χ2v) is 6.18. The zero-order valence-electron chi connectivity index (χ0n) is 13.0. The summed E-state index contributed by atoms with van der Waals surface area (Å²) in [5.74, 6) is 0. The third-order valence-electron chi connectivity index (χ3n) is 3.84. The molecule has 1 aromatic carbocycles. The van der Waals surface area contributed by atoms with Crippen LogP contribution in [0.3, 0.4) is 0 Å². The topological polar surface area (TPSA) is 44.5 Å². The molecule has 4 atom stereocenters. The fraction of sp³-hybridized carbons (Fsp3) is 0.647. The molecule has 1 aliphatic rings. The summed E-state index contributed by atoms with van der Waals surface area (Å²) in [6.45, 7) is 8.33. The predicted molar refractivity (Wildman–Crippen MR) is 81.7 cm³/mol. The second-order valence-electron chi connectivity index (χ2n) is 6.18. The van der Waals surface area contributed by atoms with Gasteiger partial charge < -0.3 is 15.2 Å². The number of nitrogens with two attached hydrogens (primary N) is 1. The van der Waals surface area contributed by atoms with Crippen molar-refractivity contribution in [2.24, 2.45) is 5.73 Å². The average molecular weight is 277 g/mol. The van der Waals surface area contributed by atoms with Crippen LogP contribution in [0.25, 0.3) is 0 Å². The molecule has 4 unspecified atom stereocenters. The summed E-state index contributed by atoms with van der Waals surface area (Å²) in [7, 11) is 0. The minimum atomic E-state index is -0.0441. The lowest BCUT2D eigenvalue weighted by molar-refractivity contribution is -0.126. The van der Waals surface area contributed by atoms with Crippen molar-refractivity contribution in [3.63, 3.8) is 0 Å². The van der Waals surface area contributed by atoms with Gasteiger partial charge in [0.1, 0.15) is 0 Å². The number of aryl methyl sites for hydroxylation is 1. The van der Waals surface area contributed by atoms with Gasteiger partial charge >= 0.3 is 0 Å². The third kappa shape index (κ3) is 4.05. The molecule has 1 aliphatic heterocycles. The number of ether oxygens (including phenoxy) is 2. The van der Waals surface area contributed by atoms with E-state index >= 15 is 0 Å². The molecule has 2 rings (SSSR count). The Morgan fingerprint density at radius 3 is 2.45 bits per heavy atom. The van der Waals surface area contributed by atoms with E-state index in [2.05, 4.69) is 45.0 Å². The highest BCUT2D eigenvalue weighted by molar-refractivity contribution is 5.25. The average Bonchev–Trinajstić information content (AvgIpc) is 2.34. The first kappa shape index (κ1) is 15.5. The van der Waals surface area contributed by atoms with E-state index in [1.807, 2.05) is 6.92 Å². The summed E-state index contributed by atoms with van der Waals surface area (Å²) in [4.78, 5) is 0.